The monoisotopic (exact) mass is 228 g/mol. The Hall–Kier alpha value is -0.440. The predicted octanol–water partition coefficient (Wildman–Crippen LogP) is -6.22. The molecule has 0 aromatic rings. The first-order valence-corrected chi connectivity index (χ1v) is 5.07. The summed E-state index contributed by atoms with van der Waals surface area (Å²) in [6.45, 7) is 0. The number of amides is 2. The van der Waals surface area contributed by atoms with Gasteiger partial charge in [0.2, 0.25) is 5.25 Å². The first-order valence-electron chi connectivity index (χ1n) is 3.11. The van der Waals surface area contributed by atoms with E-state index in [1.165, 1.54) is 0 Å². The summed E-state index contributed by atoms with van der Waals surface area (Å²) in [5.74, 6) is -2.39. The van der Waals surface area contributed by atoms with E-state index in [2.05, 4.69) is 4.99 Å². The number of hydrogen-bond donors (Lipinski definition) is 1. The van der Waals surface area contributed by atoms with Crippen LogP contribution in [0.2, 0.25) is 0 Å². The van der Waals surface area contributed by atoms with Crippen LogP contribution in [0.25, 0.3) is 0 Å². The van der Waals surface area contributed by atoms with Crippen molar-refractivity contribution < 1.29 is 52.7 Å². The van der Waals surface area contributed by atoms with Crippen LogP contribution in [0.3, 0.4) is 0 Å². The molecule has 0 bridgehead atoms. The molecule has 2 amide bonds. The SMILES string of the molecule is CS(=O)(=O)C1C(=O)N=C([O-])NC1=O.[Na+]. The van der Waals surface area contributed by atoms with Gasteiger partial charge in [0.1, 0.15) is 0 Å². The number of amidine groups is 1. The Morgan fingerprint density at radius 3 is 2.29 bits per heavy atom. The number of nitrogens with one attached hydrogen (secondary N) is 1. The van der Waals surface area contributed by atoms with Gasteiger partial charge in [-0.3, -0.25) is 9.59 Å². The number of rotatable bonds is 1. The van der Waals surface area contributed by atoms with Crippen molar-refractivity contribution in [2.24, 2.45) is 4.99 Å². The minimum Gasteiger partial charge on any atom is -0.846 e. The molecule has 1 aliphatic heterocycles. The summed E-state index contributed by atoms with van der Waals surface area (Å²) in [6, 6.07) is -1.13. The second-order valence-corrected chi connectivity index (χ2v) is 4.58. The minimum absolute atomic E-state index is 0. The average molecular weight is 228 g/mol. The number of carbonyl (C=O) groups is 2. The summed E-state index contributed by atoms with van der Waals surface area (Å²) in [5, 5.41) is 10.2. The van der Waals surface area contributed by atoms with Gasteiger partial charge in [-0.2, -0.15) is 0 Å². The van der Waals surface area contributed by atoms with Crippen LogP contribution in [0.5, 0.6) is 0 Å². The molecule has 0 spiro atoms. The van der Waals surface area contributed by atoms with E-state index in [0.717, 1.165) is 6.26 Å². The third-order valence-corrected chi connectivity index (χ3v) is 2.60. The van der Waals surface area contributed by atoms with E-state index in [4.69, 9.17) is 0 Å². The zero-order valence-corrected chi connectivity index (χ0v) is 10.3. The van der Waals surface area contributed by atoms with Gasteiger partial charge >= 0.3 is 29.6 Å². The fourth-order valence-corrected chi connectivity index (χ4v) is 1.71. The Kier molecular flexibility index (Phi) is 4.25. The molecule has 1 heterocycles. The molecule has 1 N–H and O–H groups in total. The first-order chi connectivity index (χ1) is 5.82. The van der Waals surface area contributed by atoms with Crippen LogP contribution >= 0.6 is 0 Å². The molecule has 1 atom stereocenters. The predicted molar refractivity (Wildman–Crippen MR) is 39.2 cm³/mol. The zero-order chi connectivity index (χ0) is 10.2. The summed E-state index contributed by atoms with van der Waals surface area (Å²) < 4.78 is 21.7. The van der Waals surface area contributed by atoms with Crippen molar-refractivity contribution >= 4 is 27.7 Å². The van der Waals surface area contributed by atoms with Crippen LogP contribution in [0, 0.1) is 0 Å². The van der Waals surface area contributed by atoms with E-state index < -0.39 is 32.9 Å². The van der Waals surface area contributed by atoms with E-state index in [0.29, 0.717) is 0 Å². The molecular weight excluding hydrogens is 223 g/mol. The molecule has 0 aliphatic carbocycles. The number of carbonyl (C=O) groups excluding carboxylic acids is 2. The van der Waals surface area contributed by atoms with Crippen molar-refractivity contribution in [3.05, 3.63) is 0 Å². The molecule has 1 unspecified atom stereocenters. The average Bonchev–Trinajstić information content (AvgIpc) is 1.78. The zero-order valence-electron chi connectivity index (χ0n) is 7.47. The molecule has 0 aromatic carbocycles. The molecular formula is C5H5N2NaO5S. The Labute approximate surface area is 102 Å². The van der Waals surface area contributed by atoms with Crippen LogP contribution in [0.4, 0.5) is 0 Å². The molecule has 0 aromatic heterocycles. The largest absolute Gasteiger partial charge is 1.00 e. The van der Waals surface area contributed by atoms with Gasteiger partial charge in [-0.1, -0.05) is 0 Å². The second-order valence-electron chi connectivity index (χ2n) is 2.45. The summed E-state index contributed by atoms with van der Waals surface area (Å²) >= 11 is 0. The fraction of sp³-hybridized carbons (Fsp3) is 0.400. The molecule has 72 valence electrons. The van der Waals surface area contributed by atoms with E-state index >= 15 is 0 Å². The van der Waals surface area contributed by atoms with Gasteiger partial charge in [0, 0.05) is 6.26 Å². The van der Waals surface area contributed by atoms with Gasteiger partial charge in [-0.05, 0) is 0 Å². The maximum Gasteiger partial charge on any atom is 1.00 e. The van der Waals surface area contributed by atoms with Gasteiger partial charge < -0.3 is 10.4 Å². The van der Waals surface area contributed by atoms with Gasteiger partial charge in [0.25, 0.3) is 11.8 Å². The maximum absolute atomic E-state index is 10.9. The van der Waals surface area contributed by atoms with Crippen LogP contribution < -0.4 is 40.0 Å². The van der Waals surface area contributed by atoms with Gasteiger partial charge in [0.15, 0.2) is 9.84 Å². The van der Waals surface area contributed by atoms with Crippen LogP contribution in [0.1, 0.15) is 0 Å². The summed E-state index contributed by atoms with van der Waals surface area (Å²) in [6.07, 6.45) is 0.723. The van der Waals surface area contributed by atoms with Crippen LogP contribution in [-0.4, -0.2) is 37.8 Å². The van der Waals surface area contributed by atoms with Crippen molar-refractivity contribution in [1.29, 1.82) is 0 Å². The number of sulfone groups is 1. The van der Waals surface area contributed by atoms with Crippen molar-refractivity contribution in [1.82, 2.24) is 5.32 Å². The normalized spacial score (nSPS) is 22.1. The van der Waals surface area contributed by atoms with E-state index in [-0.39, 0.29) is 29.6 Å². The molecule has 1 rings (SSSR count). The van der Waals surface area contributed by atoms with Crippen molar-refractivity contribution in [2.75, 3.05) is 6.26 Å². The number of hydrogen-bond acceptors (Lipinski definition) is 5. The third-order valence-electron chi connectivity index (χ3n) is 1.33. The van der Waals surface area contributed by atoms with E-state index in [1.54, 1.807) is 5.32 Å². The minimum atomic E-state index is -3.86. The van der Waals surface area contributed by atoms with Gasteiger partial charge in [-0.25, -0.2) is 13.4 Å². The van der Waals surface area contributed by atoms with E-state index in [1.807, 2.05) is 0 Å². The molecule has 7 nitrogen and oxygen atoms in total. The quantitative estimate of drug-likeness (QED) is 0.354. The third kappa shape index (κ3) is 2.77. The van der Waals surface area contributed by atoms with Crippen molar-refractivity contribution in [3.63, 3.8) is 0 Å². The molecule has 0 saturated carbocycles. The molecule has 0 saturated heterocycles. The van der Waals surface area contributed by atoms with E-state index in [9.17, 15) is 23.1 Å². The second kappa shape index (κ2) is 4.39. The molecule has 9 heteroatoms. The van der Waals surface area contributed by atoms with Crippen molar-refractivity contribution in [2.45, 2.75) is 5.25 Å². The number of aliphatic imine (C=N–C) groups is 1. The standard InChI is InChI=1S/C5H6N2O5S.Na/c1-13(11,12)2-3(8)6-5(10)7-4(2)9;/h2H,1H3,(H2,6,7,8,9,10);/q;+1/p-1. The maximum atomic E-state index is 10.9. The molecule has 0 radical (unpaired) electrons. The summed E-state index contributed by atoms with van der Waals surface area (Å²) in [5.41, 5.74) is 0. The Balaban J connectivity index is 0.00000169. The first kappa shape index (κ1) is 13.6. The fourth-order valence-electron chi connectivity index (χ4n) is 0.847. The Morgan fingerprint density at radius 1 is 1.43 bits per heavy atom. The van der Waals surface area contributed by atoms with Crippen LogP contribution in [-0.2, 0) is 19.4 Å². The summed E-state index contributed by atoms with van der Waals surface area (Å²) in [4.78, 5) is 24.5. The molecule has 0 fully saturated rings. The number of nitrogens with zero attached hydrogens (tertiary/aromatic N) is 1. The Bertz CT molecular complexity index is 400. The smallest absolute Gasteiger partial charge is 0.846 e. The molecule has 14 heavy (non-hydrogen) atoms. The topological polar surface area (TPSA) is 116 Å². The van der Waals surface area contributed by atoms with Gasteiger partial charge in [-0.15, -0.1) is 0 Å². The van der Waals surface area contributed by atoms with Gasteiger partial charge in [0.05, 0.1) is 6.02 Å². The summed E-state index contributed by atoms with van der Waals surface area (Å²) in [7, 11) is -3.86. The van der Waals surface area contributed by atoms with Crippen molar-refractivity contribution in [3.8, 4) is 0 Å². The van der Waals surface area contributed by atoms with Crippen LogP contribution in [0.15, 0.2) is 4.99 Å². The molecule has 1 aliphatic rings. The Morgan fingerprint density at radius 2 is 1.93 bits per heavy atom.